The van der Waals surface area contributed by atoms with Crippen molar-refractivity contribution in [2.24, 2.45) is 0 Å². The molecule has 0 radical (unpaired) electrons. The minimum Gasteiger partial charge on any atom is -0.485 e. The fourth-order valence-corrected chi connectivity index (χ4v) is 1.94. The second kappa shape index (κ2) is 5.18. The van der Waals surface area contributed by atoms with E-state index in [1.165, 1.54) is 12.3 Å². The number of aromatic carboxylic acids is 1. The van der Waals surface area contributed by atoms with E-state index in [4.69, 9.17) is 14.3 Å². The molecule has 4 heteroatoms. The van der Waals surface area contributed by atoms with E-state index in [1.54, 1.807) is 0 Å². The topological polar surface area (TPSA) is 59.7 Å². The Kier molecular flexibility index (Phi) is 3.60. The molecule has 0 aliphatic heterocycles. The predicted octanol–water partition coefficient (Wildman–Crippen LogP) is 3.48. The third kappa shape index (κ3) is 2.78. The van der Waals surface area contributed by atoms with Crippen LogP contribution in [0.2, 0.25) is 0 Å². The van der Waals surface area contributed by atoms with Crippen molar-refractivity contribution in [3.8, 4) is 5.75 Å². The summed E-state index contributed by atoms with van der Waals surface area (Å²) in [6.45, 7) is 6.10. The summed E-state index contributed by atoms with van der Waals surface area (Å²) in [6.07, 6.45) is 1.36. The maximum Gasteiger partial charge on any atom is 0.339 e. The van der Waals surface area contributed by atoms with Crippen molar-refractivity contribution in [2.75, 3.05) is 0 Å². The van der Waals surface area contributed by atoms with Gasteiger partial charge in [-0.2, -0.15) is 0 Å². The maximum atomic E-state index is 11.0. The number of rotatable bonds is 4. The fourth-order valence-electron chi connectivity index (χ4n) is 1.94. The lowest BCUT2D eigenvalue weighted by molar-refractivity contribution is 0.0692. The molecule has 2 aromatic rings. The molecule has 0 atom stereocenters. The molecule has 100 valence electrons. The molecule has 1 aromatic carbocycles. The Labute approximate surface area is 111 Å². The van der Waals surface area contributed by atoms with Gasteiger partial charge in [-0.15, -0.1) is 0 Å². The molecule has 0 fully saturated rings. The van der Waals surface area contributed by atoms with E-state index in [-0.39, 0.29) is 12.2 Å². The van der Waals surface area contributed by atoms with Crippen molar-refractivity contribution in [1.29, 1.82) is 0 Å². The number of carboxylic acids is 1. The number of carbonyl (C=O) groups is 1. The molecule has 0 saturated heterocycles. The molecule has 0 bridgehead atoms. The number of carboxylic acid groups (broad SMARTS) is 1. The molecule has 0 aliphatic carbocycles. The molecule has 1 N–H and O–H groups in total. The number of furan rings is 1. The molecule has 4 nitrogen and oxygen atoms in total. The summed E-state index contributed by atoms with van der Waals surface area (Å²) < 4.78 is 10.8. The van der Waals surface area contributed by atoms with Crippen LogP contribution in [0.15, 0.2) is 28.9 Å². The molecule has 1 aromatic heterocycles. The first kappa shape index (κ1) is 13.2. The Morgan fingerprint density at radius 2 is 2.05 bits per heavy atom. The molecule has 0 unspecified atom stereocenters. The van der Waals surface area contributed by atoms with Crippen LogP contribution in [0.25, 0.3) is 0 Å². The second-order valence-electron chi connectivity index (χ2n) is 4.56. The van der Waals surface area contributed by atoms with Gasteiger partial charge in [-0.3, -0.25) is 0 Å². The summed E-state index contributed by atoms with van der Waals surface area (Å²) in [5.41, 5.74) is 3.44. The van der Waals surface area contributed by atoms with E-state index in [1.807, 2.05) is 26.8 Å². The highest BCUT2D eigenvalue weighted by atomic mass is 16.5. The number of hydrogen-bond acceptors (Lipinski definition) is 3. The van der Waals surface area contributed by atoms with Gasteiger partial charge in [0, 0.05) is 0 Å². The van der Waals surface area contributed by atoms with Crippen molar-refractivity contribution >= 4 is 5.97 Å². The molecule has 0 amide bonds. The smallest absolute Gasteiger partial charge is 0.339 e. The van der Waals surface area contributed by atoms with Crippen LogP contribution < -0.4 is 4.74 Å². The summed E-state index contributed by atoms with van der Waals surface area (Å²) in [5.74, 6) is 0.0702. The van der Waals surface area contributed by atoms with E-state index < -0.39 is 5.97 Å². The highest BCUT2D eigenvalue weighted by Crippen LogP contribution is 2.24. The normalized spacial score (nSPS) is 10.5. The molecule has 0 aliphatic rings. The Morgan fingerprint density at radius 1 is 1.32 bits per heavy atom. The van der Waals surface area contributed by atoms with E-state index in [9.17, 15) is 4.79 Å². The number of ether oxygens (including phenoxy) is 1. The summed E-state index contributed by atoms with van der Waals surface area (Å²) >= 11 is 0. The predicted molar refractivity (Wildman–Crippen MR) is 70.7 cm³/mol. The van der Waals surface area contributed by atoms with Crippen LogP contribution in [0.1, 0.15) is 32.8 Å². The number of hydrogen-bond donors (Lipinski definition) is 1. The lowest BCUT2D eigenvalue weighted by atomic mass is 10.1. The van der Waals surface area contributed by atoms with Crippen LogP contribution in [0.4, 0.5) is 0 Å². The summed E-state index contributed by atoms with van der Waals surface area (Å²) in [5, 5.41) is 8.98. The van der Waals surface area contributed by atoms with Gasteiger partial charge in [0.25, 0.3) is 0 Å². The molecule has 0 spiro atoms. The van der Waals surface area contributed by atoms with Crippen LogP contribution in [-0.4, -0.2) is 11.1 Å². The summed E-state index contributed by atoms with van der Waals surface area (Å²) in [7, 11) is 0. The summed E-state index contributed by atoms with van der Waals surface area (Å²) in [6, 6.07) is 5.44. The number of benzene rings is 1. The van der Waals surface area contributed by atoms with Gasteiger partial charge in [-0.1, -0.05) is 6.07 Å². The van der Waals surface area contributed by atoms with E-state index >= 15 is 0 Å². The van der Waals surface area contributed by atoms with Crippen LogP contribution >= 0.6 is 0 Å². The Morgan fingerprint density at radius 3 is 2.74 bits per heavy atom. The van der Waals surface area contributed by atoms with Crippen LogP contribution in [-0.2, 0) is 6.61 Å². The van der Waals surface area contributed by atoms with Crippen LogP contribution in [0.5, 0.6) is 5.75 Å². The zero-order chi connectivity index (χ0) is 14.0. The average molecular weight is 260 g/mol. The first-order chi connectivity index (χ1) is 8.99. The van der Waals surface area contributed by atoms with Gasteiger partial charge in [0.05, 0.1) is 6.26 Å². The SMILES string of the molecule is Cc1cc(C)c(C)c(OCc2occc2C(=O)O)c1. The zero-order valence-corrected chi connectivity index (χ0v) is 11.2. The third-order valence-electron chi connectivity index (χ3n) is 3.10. The van der Waals surface area contributed by atoms with E-state index in [0.29, 0.717) is 5.76 Å². The largest absolute Gasteiger partial charge is 0.485 e. The van der Waals surface area contributed by atoms with Crippen molar-refractivity contribution in [1.82, 2.24) is 0 Å². The van der Waals surface area contributed by atoms with Gasteiger partial charge >= 0.3 is 5.97 Å². The first-order valence-electron chi connectivity index (χ1n) is 5.99. The standard InChI is InChI=1S/C15H16O4/c1-9-6-10(2)11(3)13(7-9)19-8-14-12(15(16)17)4-5-18-14/h4-7H,8H2,1-3H3,(H,16,17). The van der Waals surface area contributed by atoms with Crippen LogP contribution in [0.3, 0.4) is 0 Å². The quantitative estimate of drug-likeness (QED) is 0.914. The molecular formula is C15H16O4. The van der Waals surface area contributed by atoms with Crippen molar-refractivity contribution in [3.05, 3.63) is 52.5 Å². The van der Waals surface area contributed by atoms with E-state index in [0.717, 1.165) is 22.4 Å². The highest BCUT2D eigenvalue weighted by Gasteiger charge is 2.14. The number of aryl methyl sites for hydroxylation is 2. The summed E-state index contributed by atoms with van der Waals surface area (Å²) in [4.78, 5) is 11.0. The lowest BCUT2D eigenvalue weighted by Crippen LogP contribution is -2.03. The van der Waals surface area contributed by atoms with Crippen molar-refractivity contribution in [3.63, 3.8) is 0 Å². The van der Waals surface area contributed by atoms with Gasteiger partial charge in [-0.25, -0.2) is 4.79 Å². The molecule has 2 rings (SSSR count). The molecule has 0 saturated carbocycles. The fraction of sp³-hybridized carbons (Fsp3) is 0.267. The maximum absolute atomic E-state index is 11.0. The lowest BCUT2D eigenvalue weighted by Gasteiger charge is -2.11. The zero-order valence-electron chi connectivity index (χ0n) is 11.2. The molecule has 1 heterocycles. The van der Waals surface area contributed by atoms with Gasteiger partial charge in [-0.05, 0) is 49.6 Å². The van der Waals surface area contributed by atoms with Gasteiger partial charge in [0.1, 0.15) is 17.9 Å². The second-order valence-corrected chi connectivity index (χ2v) is 4.56. The first-order valence-corrected chi connectivity index (χ1v) is 5.99. The van der Waals surface area contributed by atoms with Gasteiger partial charge in [0.15, 0.2) is 5.76 Å². The van der Waals surface area contributed by atoms with Gasteiger partial charge < -0.3 is 14.3 Å². The minimum atomic E-state index is -1.01. The minimum absolute atomic E-state index is 0.109. The monoisotopic (exact) mass is 260 g/mol. The third-order valence-corrected chi connectivity index (χ3v) is 3.10. The van der Waals surface area contributed by atoms with Crippen LogP contribution in [0, 0.1) is 20.8 Å². The Bertz CT molecular complexity index is 611. The Hall–Kier alpha value is -2.23. The van der Waals surface area contributed by atoms with Crippen molar-refractivity contribution in [2.45, 2.75) is 27.4 Å². The Balaban J connectivity index is 2.19. The average Bonchev–Trinajstić information content (AvgIpc) is 2.80. The van der Waals surface area contributed by atoms with Gasteiger partial charge in [0.2, 0.25) is 0 Å². The molecule has 19 heavy (non-hydrogen) atoms. The highest BCUT2D eigenvalue weighted by molar-refractivity contribution is 5.88. The van der Waals surface area contributed by atoms with E-state index in [2.05, 4.69) is 6.07 Å². The van der Waals surface area contributed by atoms with Crippen molar-refractivity contribution < 1.29 is 19.1 Å². The molecular weight excluding hydrogens is 244 g/mol.